The second-order valence-electron chi connectivity index (χ2n) is 6.42. The number of piperazine rings is 1. The topological polar surface area (TPSA) is 60.0 Å². The van der Waals surface area contributed by atoms with Crippen LogP contribution in [-0.4, -0.2) is 48.7 Å². The molecule has 2 aliphatic heterocycles. The molecule has 0 bridgehead atoms. The second kappa shape index (κ2) is 6.86. The molecule has 1 aromatic carbocycles. The molecule has 126 valence electrons. The molecule has 0 saturated carbocycles. The Hall–Kier alpha value is -1.63. The van der Waals surface area contributed by atoms with E-state index in [0.29, 0.717) is 26.1 Å². The quantitative estimate of drug-likeness (QED) is 0.920. The molecule has 2 saturated heterocycles. The van der Waals surface area contributed by atoms with Crippen molar-refractivity contribution in [1.82, 2.24) is 10.2 Å². The van der Waals surface area contributed by atoms with E-state index in [2.05, 4.69) is 12.2 Å². The van der Waals surface area contributed by atoms with Crippen LogP contribution in [0.4, 0.5) is 4.79 Å². The van der Waals surface area contributed by atoms with Gasteiger partial charge in [0.05, 0.1) is 0 Å². The number of carbonyl (C=O) groups excluding carboxylic acids is 1. The van der Waals surface area contributed by atoms with Gasteiger partial charge in [-0.2, -0.15) is 0 Å². The Morgan fingerprint density at radius 2 is 2.13 bits per heavy atom. The third-order valence-electron chi connectivity index (χ3n) is 4.24. The van der Waals surface area contributed by atoms with Crippen LogP contribution in [-0.2, 0) is 20.8 Å². The summed E-state index contributed by atoms with van der Waals surface area (Å²) in [5.41, 5.74) is 0.762. The van der Waals surface area contributed by atoms with Gasteiger partial charge in [0.15, 0.2) is 12.6 Å². The molecule has 2 aliphatic rings. The van der Waals surface area contributed by atoms with Gasteiger partial charge in [0.1, 0.15) is 6.61 Å². The molecule has 1 unspecified atom stereocenters. The summed E-state index contributed by atoms with van der Waals surface area (Å²) in [5.74, 6) is 0. The largest absolute Gasteiger partial charge is 0.445 e. The van der Waals surface area contributed by atoms with E-state index < -0.39 is 0 Å². The number of rotatable bonds is 4. The summed E-state index contributed by atoms with van der Waals surface area (Å²) < 4.78 is 16.4. The van der Waals surface area contributed by atoms with E-state index in [9.17, 15) is 4.79 Å². The predicted octanol–water partition coefficient (Wildman–Crippen LogP) is 2.10. The second-order valence-corrected chi connectivity index (χ2v) is 6.42. The summed E-state index contributed by atoms with van der Waals surface area (Å²) >= 11 is 0. The minimum Gasteiger partial charge on any atom is -0.445 e. The highest BCUT2D eigenvalue weighted by Gasteiger charge is 2.39. The van der Waals surface area contributed by atoms with Crippen LogP contribution in [0.5, 0.6) is 0 Å². The van der Waals surface area contributed by atoms with Crippen LogP contribution in [0.15, 0.2) is 30.3 Å². The van der Waals surface area contributed by atoms with Gasteiger partial charge in [0.25, 0.3) is 0 Å². The average Bonchev–Trinajstić information content (AvgIpc) is 2.52. The molecular weight excluding hydrogens is 296 g/mol. The molecule has 0 spiro atoms. The first kappa shape index (κ1) is 16.2. The molecule has 6 heteroatoms. The number of benzene rings is 1. The minimum absolute atomic E-state index is 0.126. The lowest BCUT2D eigenvalue weighted by Crippen LogP contribution is -2.62. The standard InChI is InChI=1S/C17H24N2O4/c1-13-22-15(23-13)10-17(2)12-19(9-8-18-17)16(20)21-11-14-6-4-3-5-7-14/h3-7,13,15,18H,8-12H2,1-2H3. The SMILES string of the molecule is CC1OC(CC2(C)CN(C(=O)OCc3ccccc3)CCN2)O1. The van der Waals surface area contributed by atoms with Gasteiger partial charge < -0.3 is 24.4 Å². The zero-order chi connectivity index (χ0) is 16.3. The number of carbonyl (C=O) groups is 1. The van der Waals surface area contributed by atoms with E-state index in [4.69, 9.17) is 14.2 Å². The van der Waals surface area contributed by atoms with Gasteiger partial charge in [-0.25, -0.2) is 4.79 Å². The van der Waals surface area contributed by atoms with E-state index in [1.54, 1.807) is 4.90 Å². The number of nitrogens with zero attached hydrogens (tertiary/aromatic N) is 1. The molecule has 6 nitrogen and oxygen atoms in total. The fourth-order valence-corrected chi connectivity index (χ4v) is 3.05. The van der Waals surface area contributed by atoms with E-state index in [1.165, 1.54) is 0 Å². The lowest BCUT2D eigenvalue weighted by Gasteiger charge is -2.45. The maximum atomic E-state index is 12.3. The fraction of sp³-hybridized carbons (Fsp3) is 0.588. The van der Waals surface area contributed by atoms with Gasteiger partial charge >= 0.3 is 6.09 Å². The van der Waals surface area contributed by atoms with Crippen LogP contribution in [0, 0.1) is 0 Å². The molecule has 1 amide bonds. The van der Waals surface area contributed by atoms with Gasteiger partial charge in [0.2, 0.25) is 0 Å². The number of amides is 1. The number of hydrogen-bond donors (Lipinski definition) is 1. The molecular formula is C17H24N2O4. The van der Waals surface area contributed by atoms with Crippen molar-refractivity contribution >= 4 is 6.09 Å². The van der Waals surface area contributed by atoms with Crippen molar-refractivity contribution in [2.24, 2.45) is 0 Å². The summed E-state index contributed by atoms with van der Waals surface area (Å²) in [5, 5.41) is 3.46. The highest BCUT2D eigenvalue weighted by molar-refractivity contribution is 5.68. The van der Waals surface area contributed by atoms with Crippen LogP contribution < -0.4 is 5.32 Å². The Morgan fingerprint density at radius 3 is 2.83 bits per heavy atom. The Labute approximate surface area is 136 Å². The van der Waals surface area contributed by atoms with Crippen molar-refractivity contribution in [1.29, 1.82) is 0 Å². The Bertz CT molecular complexity index is 533. The zero-order valence-electron chi connectivity index (χ0n) is 13.7. The smallest absolute Gasteiger partial charge is 0.410 e. The molecule has 0 aromatic heterocycles. The normalized spacial score (nSPS) is 30.6. The van der Waals surface area contributed by atoms with Crippen molar-refractivity contribution in [3.05, 3.63) is 35.9 Å². The summed E-state index contributed by atoms with van der Waals surface area (Å²) in [7, 11) is 0. The van der Waals surface area contributed by atoms with Crippen molar-refractivity contribution in [3.63, 3.8) is 0 Å². The summed E-state index contributed by atoms with van der Waals surface area (Å²) in [6.45, 7) is 6.22. The molecule has 1 atom stereocenters. The van der Waals surface area contributed by atoms with Gasteiger partial charge in [-0.1, -0.05) is 30.3 Å². The molecule has 2 fully saturated rings. The Morgan fingerprint density at radius 1 is 1.39 bits per heavy atom. The average molecular weight is 320 g/mol. The molecule has 23 heavy (non-hydrogen) atoms. The number of nitrogens with one attached hydrogen (secondary N) is 1. The van der Waals surface area contributed by atoms with E-state index in [1.807, 2.05) is 37.3 Å². The Balaban J connectivity index is 1.50. The summed E-state index contributed by atoms with van der Waals surface area (Å²) in [4.78, 5) is 14.0. The highest BCUT2D eigenvalue weighted by Crippen LogP contribution is 2.27. The van der Waals surface area contributed by atoms with E-state index >= 15 is 0 Å². The summed E-state index contributed by atoms with van der Waals surface area (Å²) in [6.07, 6.45) is 0.118. The Kier molecular flexibility index (Phi) is 4.84. The molecule has 1 N–H and O–H groups in total. The van der Waals surface area contributed by atoms with Crippen molar-refractivity contribution < 1.29 is 19.0 Å². The first-order valence-electron chi connectivity index (χ1n) is 8.06. The van der Waals surface area contributed by atoms with Crippen LogP contribution in [0.1, 0.15) is 25.8 Å². The van der Waals surface area contributed by atoms with E-state index in [0.717, 1.165) is 12.1 Å². The van der Waals surface area contributed by atoms with Gasteiger partial charge in [-0.15, -0.1) is 0 Å². The first-order chi connectivity index (χ1) is 11.0. The number of ether oxygens (including phenoxy) is 3. The fourth-order valence-electron chi connectivity index (χ4n) is 3.05. The first-order valence-corrected chi connectivity index (χ1v) is 8.06. The van der Waals surface area contributed by atoms with Gasteiger partial charge in [0, 0.05) is 31.6 Å². The van der Waals surface area contributed by atoms with Crippen LogP contribution in [0.25, 0.3) is 0 Å². The third-order valence-corrected chi connectivity index (χ3v) is 4.24. The van der Waals surface area contributed by atoms with Crippen LogP contribution in [0.2, 0.25) is 0 Å². The molecule has 2 heterocycles. The minimum atomic E-state index is -0.273. The number of hydrogen-bond acceptors (Lipinski definition) is 5. The maximum Gasteiger partial charge on any atom is 0.410 e. The molecule has 3 rings (SSSR count). The summed E-state index contributed by atoms with van der Waals surface area (Å²) in [6, 6.07) is 9.71. The van der Waals surface area contributed by atoms with E-state index in [-0.39, 0.29) is 24.2 Å². The monoisotopic (exact) mass is 320 g/mol. The third kappa shape index (κ3) is 4.22. The highest BCUT2D eigenvalue weighted by atomic mass is 16.9. The predicted molar refractivity (Wildman–Crippen MR) is 84.6 cm³/mol. The molecule has 0 aliphatic carbocycles. The van der Waals surface area contributed by atoms with Gasteiger partial charge in [-0.3, -0.25) is 0 Å². The van der Waals surface area contributed by atoms with Crippen LogP contribution >= 0.6 is 0 Å². The molecule has 1 aromatic rings. The van der Waals surface area contributed by atoms with Crippen LogP contribution in [0.3, 0.4) is 0 Å². The maximum absolute atomic E-state index is 12.3. The lowest BCUT2D eigenvalue weighted by molar-refractivity contribution is -0.381. The zero-order valence-corrected chi connectivity index (χ0v) is 13.7. The lowest BCUT2D eigenvalue weighted by atomic mass is 9.94. The van der Waals surface area contributed by atoms with Crippen molar-refractivity contribution in [3.8, 4) is 0 Å². The molecule has 0 radical (unpaired) electrons. The van der Waals surface area contributed by atoms with Gasteiger partial charge in [-0.05, 0) is 19.4 Å². The van der Waals surface area contributed by atoms with Crippen molar-refractivity contribution in [2.75, 3.05) is 19.6 Å². The van der Waals surface area contributed by atoms with Crippen molar-refractivity contribution in [2.45, 2.75) is 45.0 Å².